The van der Waals surface area contributed by atoms with Crippen molar-refractivity contribution in [3.05, 3.63) is 29.6 Å². The Hall–Kier alpha value is -1.13. The van der Waals surface area contributed by atoms with E-state index < -0.39 is 6.29 Å². The summed E-state index contributed by atoms with van der Waals surface area (Å²) in [6.07, 6.45) is 1.85. The number of ether oxygens (including phenoxy) is 2. The minimum atomic E-state index is -0.513. The van der Waals surface area contributed by atoms with Crippen LogP contribution in [0.4, 0.5) is 10.1 Å². The van der Waals surface area contributed by atoms with Crippen molar-refractivity contribution < 1.29 is 13.9 Å². The molecular weight excluding hydrogens is 221 g/mol. The molecule has 94 valence electrons. The van der Waals surface area contributed by atoms with Gasteiger partial charge in [0.25, 0.3) is 0 Å². The van der Waals surface area contributed by atoms with E-state index in [0.29, 0.717) is 0 Å². The Balaban J connectivity index is 2.35. The van der Waals surface area contributed by atoms with Crippen LogP contribution in [0, 0.1) is 5.82 Å². The van der Waals surface area contributed by atoms with E-state index in [1.807, 2.05) is 0 Å². The summed E-state index contributed by atoms with van der Waals surface area (Å²) in [5.74, 6) is -0.262. The zero-order chi connectivity index (χ0) is 12.3. The molecule has 0 unspecified atom stereocenters. The summed E-state index contributed by atoms with van der Waals surface area (Å²) in [6, 6.07) is 4.78. The standard InChI is InChI=1S/C13H18FNO2/c1-16-13(17-2)11-9-10(14)5-6-12(11)15-7-3-4-8-15/h5-6,9,13H,3-4,7-8H2,1-2H3. The SMILES string of the molecule is COC(OC)c1cc(F)ccc1N1CCCC1. The highest BCUT2D eigenvalue weighted by molar-refractivity contribution is 5.55. The van der Waals surface area contributed by atoms with E-state index in [0.717, 1.165) is 24.3 Å². The van der Waals surface area contributed by atoms with Crippen molar-refractivity contribution in [3.63, 3.8) is 0 Å². The highest BCUT2D eigenvalue weighted by atomic mass is 19.1. The molecule has 4 heteroatoms. The van der Waals surface area contributed by atoms with E-state index in [4.69, 9.17) is 9.47 Å². The molecule has 0 aliphatic carbocycles. The molecule has 0 bridgehead atoms. The molecule has 0 atom stereocenters. The van der Waals surface area contributed by atoms with Gasteiger partial charge in [0.1, 0.15) is 5.82 Å². The number of hydrogen-bond donors (Lipinski definition) is 0. The van der Waals surface area contributed by atoms with E-state index in [1.54, 1.807) is 20.3 Å². The van der Waals surface area contributed by atoms with Crippen LogP contribution >= 0.6 is 0 Å². The van der Waals surface area contributed by atoms with E-state index in [1.165, 1.54) is 25.0 Å². The first-order chi connectivity index (χ1) is 8.26. The largest absolute Gasteiger partial charge is 0.371 e. The number of anilines is 1. The summed E-state index contributed by atoms with van der Waals surface area (Å²) in [4.78, 5) is 2.25. The van der Waals surface area contributed by atoms with Gasteiger partial charge in [-0.15, -0.1) is 0 Å². The Bertz CT molecular complexity index is 374. The van der Waals surface area contributed by atoms with Crippen molar-refractivity contribution in [2.45, 2.75) is 19.1 Å². The lowest BCUT2D eigenvalue weighted by atomic mass is 10.1. The molecule has 0 aromatic heterocycles. The zero-order valence-electron chi connectivity index (χ0n) is 10.3. The monoisotopic (exact) mass is 239 g/mol. The van der Waals surface area contributed by atoms with Gasteiger partial charge in [-0.1, -0.05) is 0 Å². The van der Waals surface area contributed by atoms with Crippen LogP contribution in [0.3, 0.4) is 0 Å². The first-order valence-electron chi connectivity index (χ1n) is 5.86. The molecule has 1 aliphatic heterocycles. The number of hydrogen-bond acceptors (Lipinski definition) is 3. The van der Waals surface area contributed by atoms with Gasteiger partial charge in [-0.05, 0) is 31.0 Å². The van der Waals surface area contributed by atoms with Crippen LogP contribution in [0.5, 0.6) is 0 Å². The van der Waals surface area contributed by atoms with Crippen molar-refractivity contribution in [1.29, 1.82) is 0 Å². The average Bonchev–Trinajstić information content (AvgIpc) is 2.84. The van der Waals surface area contributed by atoms with Gasteiger partial charge < -0.3 is 14.4 Å². The van der Waals surface area contributed by atoms with Crippen LogP contribution in [0.1, 0.15) is 24.7 Å². The molecule has 1 aliphatic rings. The number of methoxy groups -OCH3 is 2. The molecular formula is C13H18FNO2. The summed E-state index contributed by atoms with van der Waals surface area (Å²) in [6.45, 7) is 2.03. The molecule has 1 aromatic rings. The van der Waals surface area contributed by atoms with E-state index in [-0.39, 0.29) is 5.82 Å². The third-order valence-corrected chi connectivity index (χ3v) is 3.12. The number of nitrogens with zero attached hydrogens (tertiary/aromatic N) is 1. The predicted octanol–water partition coefficient (Wildman–Crippen LogP) is 2.72. The summed E-state index contributed by atoms with van der Waals surface area (Å²) >= 11 is 0. The molecule has 0 spiro atoms. The topological polar surface area (TPSA) is 21.7 Å². The van der Waals surface area contributed by atoms with E-state index in [2.05, 4.69) is 4.90 Å². The lowest BCUT2D eigenvalue weighted by molar-refractivity contribution is -0.105. The summed E-state index contributed by atoms with van der Waals surface area (Å²) in [7, 11) is 3.12. The molecule has 17 heavy (non-hydrogen) atoms. The quantitative estimate of drug-likeness (QED) is 0.754. The highest BCUT2D eigenvalue weighted by Crippen LogP contribution is 2.31. The Kier molecular flexibility index (Phi) is 3.97. The third kappa shape index (κ3) is 2.58. The Morgan fingerprint density at radius 1 is 1.18 bits per heavy atom. The number of rotatable bonds is 4. The molecule has 1 heterocycles. The Morgan fingerprint density at radius 3 is 2.41 bits per heavy atom. The average molecular weight is 239 g/mol. The second-order valence-electron chi connectivity index (χ2n) is 4.20. The van der Waals surface area contributed by atoms with Crippen LogP contribution < -0.4 is 4.90 Å². The van der Waals surface area contributed by atoms with E-state index >= 15 is 0 Å². The fourth-order valence-corrected chi connectivity index (χ4v) is 2.31. The predicted molar refractivity (Wildman–Crippen MR) is 64.6 cm³/mol. The van der Waals surface area contributed by atoms with Crippen molar-refractivity contribution in [1.82, 2.24) is 0 Å². The van der Waals surface area contributed by atoms with Gasteiger partial charge in [0, 0.05) is 38.6 Å². The van der Waals surface area contributed by atoms with Crippen LogP contribution in [0.25, 0.3) is 0 Å². The third-order valence-electron chi connectivity index (χ3n) is 3.12. The molecule has 1 saturated heterocycles. The van der Waals surface area contributed by atoms with Crippen molar-refractivity contribution in [2.75, 3.05) is 32.2 Å². The number of benzene rings is 1. The van der Waals surface area contributed by atoms with Gasteiger partial charge in [-0.3, -0.25) is 0 Å². The maximum absolute atomic E-state index is 13.3. The van der Waals surface area contributed by atoms with Crippen molar-refractivity contribution in [3.8, 4) is 0 Å². The Labute approximate surface area is 101 Å². The molecule has 1 aromatic carbocycles. The fourth-order valence-electron chi connectivity index (χ4n) is 2.31. The van der Waals surface area contributed by atoms with Crippen molar-refractivity contribution in [2.24, 2.45) is 0 Å². The number of halogens is 1. The van der Waals surface area contributed by atoms with Gasteiger partial charge in [-0.2, -0.15) is 0 Å². The molecule has 2 rings (SSSR count). The zero-order valence-corrected chi connectivity index (χ0v) is 10.3. The second kappa shape index (κ2) is 5.47. The fraction of sp³-hybridized carbons (Fsp3) is 0.538. The summed E-state index contributed by atoms with van der Waals surface area (Å²) < 4.78 is 23.8. The van der Waals surface area contributed by atoms with Gasteiger partial charge in [0.2, 0.25) is 0 Å². The molecule has 0 saturated carbocycles. The van der Waals surface area contributed by atoms with Crippen LogP contribution in [-0.4, -0.2) is 27.3 Å². The minimum Gasteiger partial charge on any atom is -0.371 e. The minimum absolute atomic E-state index is 0.262. The van der Waals surface area contributed by atoms with Gasteiger partial charge in [0.15, 0.2) is 6.29 Å². The smallest absolute Gasteiger partial charge is 0.185 e. The van der Waals surface area contributed by atoms with Gasteiger partial charge in [-0.25, -0.2) is 4.39 Å². The van der Waals surface area contributed by atoms with Crippen LogP contribution in [-0.2, 0) is 9.47 Å². The molecule has 3 nitrogen and oxygen atoms in total. The normalized spacial score (nSPS) is 15.9. The maximum atomic E-state index is 13.3. The second-order valence-corrected chi connectivity index (χ2v) is 4.20. The highest BCUT2D eigenvalue weighted by Gasteiger charge is 2.21. The van der Waals surface area contributed by atoms with E-state index in [9.17, 15) is 4.39 Å². The van der Waals surface area contributed by atoms with Crippen molar-refractivity contribution >= 4 is 5.69 Å². The molecule has 0 amide bonds. The summed E-state index contributed by atoms with van der Waals surface area (Å²) in [5.41, 5.74) is 1.77. The van der Waals surface area contributed by atoms with Gasteiger partial charge >= 0.3 is 0 Å². The van der Waals surface area contributed by atoms with Crippen LogP contribution in [0.15, 0.2) is 18.2 Å². The molecule has 1 fully saturated rings. The Morgan fingerprint density at radius 2 is 1.82 bits per heavy atom. The first kappa shape index (κ1) is 12.3. The lowest BCUT2D eigenvalue weighted by Gasteiger charge is -2.24. The first-order valence-corrected chi connectivity index (χ1v) is 5.86. The van der Waals surface area contributed by atoms with Crippen LogP contribution in [0.2, 0.25) is 0 Å². The van der Waals surface area contributed by atoms with Gasteiger partial charge in [0.05, 0.1) is 0 Å². The molecule has 0 N–H and O–H groups in total. The maximum Gasteiger partial charge on any atom is 0.185 e. The molecule has 0 radical (unpaired) electrons. The lowest BCUT2D eigenvalue weighted by Crippen LogP contribution is -2.21. The summed E-state index contributed by atoms with van der Waals surface area (Å²) in [5, 5.41) is 0.